The van der Waals surface area contributed by atoms with E-state index in [0.717, 1.165) is 12.8 Å². The van der Waals surface area contributed by atoms with Gasteiger partial charge < -0.3 is 4.74 Å². The Morgan fingerprint density at radius 3 is 1.02 bits per heavy atom. The fourth-order valence-electron chi connectivity index (χ4n) is 5.65. The topological polar surface area (TPSA) is 26.3 Å². The van der Waals surface area contributed by atoms with Gasteiger partial charge in [-0.1, -0.05) is 173 Å². The standard InChI is InChI=1S/C40H76O2/c1-3-5-7-9-11-13-15-17-19-21-23-25-27-29-31-33-35-37-39-42-40(41)38-36-34-32-30-28-26-24-22-20-18-16-14-12-10-8-6-4-2/h15,17-18,20H,3-14,16,19,21-39H2,1-2H3. The zero-order valence-corrected chi connectivity index (χ0v) is 29.0. The molecule has 0 spiro atoms. The van der Waals surface area contributed by atoms with Gasteiger partial charge in [-0.2, -0.15) is 0 Å². The van der Waals surface area contributed by atoms with Gasteiger partial charge in [0.05, 0.1) is 6.61 Å². The zero-order valence-electron chi connectivity index (χ0n) is 29.0. The van der Waals surface area contributed by atoms with E-state index in [-0.39, 0.29) is 5.97 Å². The first kappa shape index (κ1) is 41.0. The minimum Gasteiger partial charge on any atom is -0.466 e. The van der Waals surface area contributed by atoms with Gasteiger partial charge in [-0.05, 0) is 64.2 Å². The maximum Gasteiger partial charge on any atom is 0.305 e. The summed E-state index contributed by atoms with van der Waals surface area (Å²) in [6.45, 7) is 5.19. The molecule has 0 saturated carbocycles. The monoisotopic (exact) mass is 589 g/mol. The summed E-state index contributed by atoms with van der Waals surface area (Å²) in [5.41, 5.74) is 0. The second-order valence-corrected chi connectivity index (χ2v) is 12.9. The third kappa shape index (κ3) is 37.0. The van der Waals surface area contributed by atoms with Crippen molar-refractivity contribution in [3.63, 3.8) is 0 Å². The van der Waals surface area contributed by atoms with E-state index in [1.54, 1.807) is 0 Å². The average Bonchev–Trinajstić information content (AvgIpc) is 3.00. The first-order valence-electron chi connectivity index (χ1n) is 19.3. The van der Waals surface area contributed by atoms with E-state index in [2.05, 4.69) is 38.2 Å². The molecule has 0 N–H and O–H groups in total. The SMILES string of the molecule is CCCCCCCC=CCCCCCCCCCCCOC(=O)CCCCCCCCCC=CCCCCCCCC. The van der Waals surface area contributed by atoms with Crippen LogP contribution in [0.15, 0.2) is 24.3 Å². The molecule has 0 unspecified atom stereocenters. The number of hydrogen-bond donors (Lipinski definition) is 0. The maximum atomic E-state index is 12.0. The van der Waals surface area contributed by atoms with Crippen molar-refractivity contribution in [2.75, 3.05) is 6.61 Å². The van der Waals surface area contributed by atoms with E-state index >= 15 is 0 Å². The number of unbranched alkanes of at least 4 members (excludes halogenated alkanes) is 27. The molecule has 0 aromatic carbocycles. The van der Waals surface area contributed by atoms with Gasteiger partial charge in [-0.3, -0.25) is 4.79 Å². The Balaban J connectivity index is 3.21. The summed E-state index contributed by atoms with van der Waals surface area (Å²) in [6, 6.07) is 0. The van der Waals surface area contributed by atoms with E-state index in [1.807, 2.05) is 0 Å². The van der Waals surface area contributed by atoms with Crippen LogP contribution in [0, 0.1) is 0 Å². The lowest BCUT2D eigenvalue weighted by Crippen LogP contribution is -2.05. The first-order chi connectivity index (χ1) is 20.8. The molecule has 0 aliphatic rings. The molecule has 0 saturated heterocycles. The van der Waals surface area contributed by atoms with Crippen LogP contribution in [0.4, 0.5) is 0 Å². The summed E-state index contributed by atoms with van der Waals surface area (Å²) < 4.78 is 5.45. The molecule has 2 nitrogen and oxygen atoms in total. The molecule has 0 amide bonds. The van der Waals surface area contributed by atoms with Crippen molar-refractivity contribution in [2.24, 2.45) is 0 Å². The fraction of sp³-hybridized carbons (Fsp3) is 0.875. The van der Waals surface area contributed by atoms with Gasteiger partial charge in [0.1, 0.15) is 0 Å². The van der Waals surface area contributed by atoms with Crippen LogP contribution in [0.5, 0.6) is 0 Å². The Labute approximate surface area is 265 Å². The lowest BCUT2D eigenvalue weighted by Gasteiger charge is -2.05. The Bertz CT molecular complexity index is 564. The molecule has 0 heterocycles. The molecule has 0 fully saturated rings. The van der Waals surface area contributed by atoms with Crippen molar-refractivity contribution in [2.45, 2.75) is 219 Å². The molecule has 0 aromatic heterocycles. The highest BCUT2D eigenvalue weighted by atomic mass is 16.5. The quantitative estimate of drug-likeness (QED) is 0.0418. The normalized spacial score (nSPS) is 11.8. The molecule has 0 aliphatic heterocycles. The predicted octanol–water partition coefficient (Wildman–Crippen LogP) is 14.2. The summed E-state index contributed by atoms with van der Waals surface area (Å²) in [5.74, 6) is 0.0181. The highest BCUT2D eigenvalue weighted by Gasteiger charge is 2.02. The number of carbonyl (C=O) groups excluding carboxylic acids is 1. The molecular formula is C40H76O2. The summed E-state index contributed by atoms with van der Waals surface area (Å²) in [5, 5.41) is 0. The zero-order chi connectivity index (χ0) is 30.4. The molecule has 0 bridgehead atoms. The Kier molecular flexibility index (Phi) is 37.0. The molecule has 0 rings (SSSR count). The average molecular weight is 589 g/mol. The van der Waals surface area contributed by atoms with E-state index in [1.165, 1.54) is 186 Å². The van der Waals surface area contributed by atoms with E-state index in [9.17, 15) is 4.79 Å². The van der Waals surface area contributed by atoms with Crippen LogP contribution >= 0.6 is 0 Å². The molecule has 0 atom stereocenters. The van der Waals surface area contributed by atoms with Crippen LogP contribution in [0.1, 0.15) is 219 Å². The molecule has 248 valence electrons. The number of allylic oxidation sites excluding steroid dienone is 4. The third-order valence-corrected chi connectivity index (χ3v) is 8.56. The van der Waals surface area contributed by atoms with Crippen LogP contribution < -0.4 is 0 Å². The van der Waals surface area contributed by atoms with Crippen LogP contribution in [-0.2, 0) is 9.53 Å². The first-order valence-corrected chi connectivity index (χ1v) is 19.3. The van der Waals surface area contributed by atoms with Gasteiger partial charge in [-0.15, -0.1) is 0 Å². The van der Waals surface area contributed by atoms with E-state index in [4.69, 9.17) is 4.74 Å². The fourth-order valence-corrected chi connectivity index (χ4v) is 5.65. The number of hydrogen-bond acceptors (Lipinski definition) is 2. The molecule has 2 heteroatoms. The maximum absolute atomic E-state index is 12.0. The predicted molar refractivity (Wildman–Crippen MR) is 188 cm³/mol. The Morgan fingerprint density at radius 1 is 0.381 bits per heavy atom. The number of esters is 1. The second-order valence-electron chi connectivity index (χ2n) is 12.9. The number of rotatable bonds is 35. The van der Waals surface area contributed by atoms with E-state index < -0.39 is 0 Å². The molecule has 42 heavy (non-hydrogen) atoms. The molecule has 0 aromatic rings. The summed E-state index contributed by atoms with van der Waals surface area (Å²) in [7, 11) is 0. The third-order valence-electron chi connectivity index (χ3n) is 8.56. The number of ether oxygens (including phenoxy) is 1. The van der Waals surface area contributed by atoms with Gasteiger partial charge in [0, 0.05) is 6.42 Å². The van der Waals surface area contributed by atoms with Gasteiger partial charge >= 0.3 is 5.97 Å². The van der Waals surface area contributed by atoms with Crippen LogP contribution in [-0.4, -0.2) is 12.6 Å². The van der Waals surface area contributed by atoms with Gasteiger partial charge in [-0.25, -0.2) is 0 Å². The van der Waals surface area contributed by atoms with Crippen molar-refractivity contribution in [1.29, 1.82) is 0 Å². The summed E-state index contributed by atoms with van der Waals surface area (Å²) in [4.78, 5) is 12.0. The summed E-state index contributed by atoms with van der Waals surface area (Å²) >= 11 is 0. The Hall–Kier alpha value is -1.05. The van der Waals surface area contributed by atoms with Crippen molar-refractivity contribution in [3.8, 4) is 0 Å². The molecule has 0 radical (unpaired) electrons. The van der Waals surface area contributed by atoms with Crippen molar-refractivity contribution in [1.82, 2.24) is 0 Å². The van der Waals surface area contributed by atoms with E-state index in [0.29, 0.717) is 13.0 Å². The number of carbonyl (C=O) groups is 1. The van der Waals surface area contributed by atoms with Crippen molar-refractivity contribution >= 4 is 5.97 Å². The smallest absolute Gasteiger partial charge is 0.305 e. The largest absolute Gasteiger partial charge is 0.466 e. The second kappa shape index (κ2) is 38.0. The lowest BCUT2D eigenvalue weighted by molar-refractivity contribution is -0.143. The Morgan fingerprint density at radius 2 is 0.667 bits per heavy atom. The van der Waals surface area contributed by atoms with Gasteiger partial charge in [0.25, 0.3) is 0 Å². The van der Waals surface area contributed by atoms with Gasteiger partial charge in [0.15, 0.2) is 0 Å². The highest BCUT2D eigenvalue weighted by Crippen LogP contribution is 2.13. The van der Waals surface area contributed by atoms with Gasteiger partial charge in [0.2, 0.25) is 0 Å². The van der Waals surface area contributed by atoms with Crippen LogP contribution in [0.3, 0.4) is 0 Å². The molecule has 0 aliphatic carbocycles. The minimum absolute atomic E-state index is 0.0181. The molecular weight excluding hydrogens is 512 g/mol. The van der Waals surface area contributed by atoms with Crippen molar-refractivity contribution in [3.05, 3.63) is 24.3 Å². The minimum atomic E-state index is 0.0181. The highest BCUT2D eigenvalue weighted by molar-refractivity contribution is 5.69. The van der Waals surface area contributed by atoms with Crippen molar-refractivity contribution < 1.29 is 9.53 Å². The summed E-state index contributed by atoms with van der Waals surface area (Å²) in [6.07, 6.45) is 51.1. The van der Waals surface area contributed by atoms with Crippen LogP contribution in [0.2, 0.25) is 0 Å². The lowest BCUT2D eigenvalue weighted by atomic mass is 10.1. The van der Waals surface area contributed by atoms with Crippen LogP contribution in [0.25, 0.3) is 0 Å².